The Hall–Kier alpha value is -19.9. The van der Waals surface area contributed by atoms with Gasteiger partial charge in [0, 0.05) is 115 Å². The first-order chi connectivity index (χ1) is 71.3. The Morgan fingerprint density at radius 1 is 0.174 bits per heavy atom. The number of para-hydroxylation sites is 12. The van der Waals surface area contributed by atoms with E-state index in [-0.39, 0.29) is 0 Å². The van der Waals surface area contributed by atoms with Gasteiger partial charge < -0.3 is 27.4 Å². The minimum absolute atomic E-state index is 0.658. The highest BCUT2D eigenvalue weighted by molar-refractivity contribution is 6.23. The van der Waals surface area contributed by atoms with Crippen LogP contribution in [0, 0.1) is 29.2 Å². The molecule has 0 aliphatic heterocycles. The molecule has 6 aromatic heterocycles. The number of nitriles is 2. The summed E-state index contributed by atoms with van der Waals surface area (Å²) in [5.74, 6) is 0. The fourth-order valence-corrected chi connectivity index (χ4v) is 23.4. The van der Waals surface area contributed by atoms with E-state index in [1.807, 2.05) is 42.5 Å². The van der Waals surface area contributed by atoms with Gasteiger partial charge in [0.05, 0.1) is 102 Å². The lowest BCUT2D eigenvalue weighted by atomic mass is 9.98. The molecule has 666 valence electrons. The molecule has 0 saturated heterocycles. The molecule has 0 unspecified atom stereocenters. The van der Waals surface area contributed by atoms with Crippen LogP contribution in [0.1, 0.15) is 11.1 Å². The molecule has 0 saturated carbocycles. The predicted molar refractivity (Wildman–Crippen MR) is 602 cm³/mol. The highest BCUT2D eigenvalue weighted by Crippen LogP contribution is 2.49. The van der Waals surface area contributed by atoms with E-state index in [1.165, 1.54) is 159 Å². The maximum Gasteiger partial charge on any atom is 0.187 e. The van der Waals surface area contributed by atoms with Crippen LogP contribution in [0.2, 0.25) is 0 Å². The van der Waals surface area contributed by atoms with Gasteiger partial charge in [-0.2, -0.15) is 10.5 Å². The van der Waals surface area contributed by atoms with E-state index in [0.717, 1.165) is 104 Å². The van der Waals surface area contributed by atoms with Gasteiger partial charge in [0.15, 0.2) is 5.69 Å². The van der Waals surface area contributed by atoms with E-state index in [1.54, 1.807) is 0 Å². The van der Waals surface area contributed by atoms with Gasteiger partial charge in [-0.05, 0) is 246 Å². The number of aromatic nitrogens is 6. The standard InChI is InChI=1S/3C45H27N3/c1-46-32-23-20-29-18-19-30-21-24-34(28-40(30)39(29)27-32)47-42-16-7-6-13-37(42)41-26-31(22-25-44(41)47)35-14-9-15-38-36-12-5-8-17-43(36)48(45(35)38)33-10-3-2-4-11-33;46-28-29-17-18-30-19-20-31-26-34(22-23-35(31)40(30)25-29)47-42-15-6-5-12-38(42)41-27-32(21-24-44(41)47)36-13-8-14-39-37-11-4-7-16-43(37)48(45(36)39)33-9-2-1-3-10-33;46-28-29-21-22-31-27-44(35-14-5-4-13-34(35)39(31)25-29)48-42-20-9-7-16-37(42)40-26-30(23-24-43(40)48)33-17-10-18-38-36-15-6-8-19-41(36)47(45(33)38)32-11-2-1-3-12-32/h2-28H;2*1-27H. The van der Waals surface area contributed by atoms with Crippen molar-refractivity contribution < 1.29 is 0 Å². The molecule has 30 rings (SSSR count). The minimum Gasteiger partial charge on any atom is -0.309 e. The summed E-state index contributed by atoms with van der Waals surface area (Å²) in [5.41, 5.74) is 30.3. The van der Waals surface area contributed by atoms with Crippen molar-refractivity contribution in [2.24, 2.45) is 0 Å². The second-order valence-corrected chi connectivity index (χ2v) is 37.4. The number of benzene rings is 24. The lowest BCUT2D eigenvalue weighted by Gasteiger charge is -2.15. The zero-order chi connectivity index (χ0) is 95.3. The Balaban J connectivity index is 0.000000105. The van der Waals surface area contributed by atoms with Gasteiger partial charge in [-0.1, -0.05) is 322 Å². The first-order valence-corrected chi connectivity index (χ1v) is 48.7. The predicted octanol–water partition coefficient (Wildman–Crippen LogP) is 35.9. The average Bonchev–Trinajstić information content (AvgIpc) is 1.57. The third kappa shape index (κ3) is 13.0. The summed E-state index contributed by atoms with van der Waals surface area (Å²) in [6.07, 6.45) is 0. The highest BCUT2D eigenvalue weighted by Gasteiger charge is 2.26. The van der Waals surface area contributed by atoms with Crippen LogP contribution in [0.4, 0.5) is 5.69 Å². The fraction of sp³-hybridized carbons (Fsp3) is 0. The minimum atomic E-state index is 0.658. The zero-order valence-electron chi connectivity index (χ0n) is 77.8. The Kier molecular flexibility index (Phi) is 19.0. The van der Waals surface area contributed by atoms with Crippen molar-refractivity contribution in [3.05, 3.63) is 514 Å². The normalized spacial score (nSPS) is 11.7. The van der Waals surface area contributed by atoms with E-state index in [0.29, 0.717) is 16.8 Å². The molecule has 0 radical (unpaired) electrons. The van der Waals surface area contributed by atoms with Crippen molar-refractivity contribution in [2.75, 3.05) is 0 Å². The molecule has 24 aromatic carbocycles. The van der Waals surface area contributed by atoms with Crippen LogP contribution in [-0.2, 0) is 0 Å². The monoisotopic (exact) mass is 1830 g/mol. The van der Waals surface area contributed by atoms with E-state index in [4.69, 9.17) is 6.57 Å². The molecule has 9 nitrogen and oxygen atoms in total. The van der Waals surface area contributed by atoms with Gasteiger partial charge in [0.1, 0.15) is 0 Å². The van der Waals surface area contributed by atoms with Crippen LogP contribution in [-0.4, -0.2) is 27.4 Å². The number of fused-ring (bicyclic) bond motifs is 27. The molecule has 30 aromatic rings. The summed E-state index contributed by atoms with van der Waals surface area (Å²) in [7, 11) is 0. The Morgan fingerprint density at radius 2 is 0.472 bits per heavy atom. The topological polar surface area (TPSA) is 81.5 Å². The third-order valence-corrected chi connectivity index (χ3v) is 29.7. The molecule has 9 heteroatoms. The largest absolute Gasteiger partial charge is 0.309 e. The molecule has 6 heterocycles. The van der Waals surface area contributed by atoms with E-state index in [9.17, 15) is 10.5 Å². The lowest BCUT2D eigenvalue weighted by molar-refractivity contribution is 1.18. The first-order valence-electron chi connectivity index (χ1n) is 48.7. The summed E-state index contributed by atoms with van der Waals surface area (Å²) in [4.78, 5) is 3.71. The molecule has 144 heavy (non-hydrogen) atoms. The van der Waals surface area contributed by atoms with Gasteiger partial charge in [-0.15, -0.1) is 0 Å². The number of rotatable bonds is 9. The van der Waals surface area contributed by atoms with Gasteiger partial charge >= 0.3 is 0 Å². The summed E-state index contributed by atoms with van der Waals surface area (Å²) in [6.45, 7) is 7.59. The number of hydrogen-bond donors (Lipinski definition) is 0. The summed E-state index contributed by atoms with van der Waals surface area (Å²) in [5, 5.41) is 47.6. The molecule has 0 bridgehead atoms. The van der Waals surface area contributed by atoms with Gasteiger partial charge in [-0.25, -0.2) is 4.85 Å². The second-order valence-electron chi connectivity index (χ2n) is 37.4. The highest BCUT2D eigenvalue weighted by atomic mass is 15.0. The van der Waals surface area contributed by atoms with Crippen molar-refractivity contribution in [3.8, 4) is 79.6 Å². The maximum absolute atomic E-state index is 9.63. The van der Waals surface area contributed by atoms with Crippen LogP contribution in [0.5, 0.6) is 0 Å². The Bertz CT molecular complexity index is 10800. The van der Waals surface area contributed by atoms with E-state index < -0.39 is 0 Å². The second kappa shape index (κ2) is 33.2. The molecule has 0 aliphatic carbocycles. The van der Waals surface area contributed by atoms with Gasteiger partial charge in [0.2, 0.25) is 0 Å². The smallest absolute Gasteiger partial charge is 0.187 e. The molecule has 0 spiro atoms. The Morgan fingerprint density at radius 3 is 0.903 bits per heavy atom. The molecule has 0 amide bonds. The number of nitrogens with zero attached hydrogens (tertiary/aromatic N) is 9. The van der Waals surface area contributed by atoms with E-state index in [2.05, 4.69) is 493 Å². The molecular weight excluding hydrogens is 1750 g/mol. The average molecular weight is 1830 g/mol. The molecule has 0 aliphatic rings. The van der Waals surface area contributed by atoms with Gasteiger partial charge in [0.25, 0.3) is 0 Å². The molecule has 0 N–H and O–H groups in total. The van der Waals surface area contributed by atoms with Crippen molar-refractivity contribution in [1.29, 1.82) is 10.5 Å². The van der Waals surface area contributed by atoms with Crippen LogP contribution in [0.25, 0.3) is 268 Å². The molecule has 0 fully saturated rings. The zero-order valence-corrected chi connectivity index (χ0v) is 77.8. The SMILES string of the molecule is N#Cc1ccc2cc(-n3c4ccccc4c4cc(-c5cccc6c7ccccc7n(-c7ccccc7)c56)ccc43)c3ccccc3c2c1.N#Cc1ccc2ccc3cc(-n4c5ccccc5c5cc(-c6cccc7c8ccccc8n(-c8ccccc8)c67)ccc54)ccc3c2c1.[C-]#[N+]c1ccc2ccc3ccc(-n4c5ccccc5c5cc(-c6cccc7c8ccccc8n(-c8ccccc8)c67)ccc54)cc3c2c1. The first kappa shape index (κ1) is 82.4. The van der Waals surface area contributed by atoms with Crippen LogP contribution in [0.15, 0.2) is 491 Å². The van der Waals surface area contributed by atoms with Crippen molar-refractivity contribution in [3.63, 3.8) is 0 Å². The van der Waals surface area contributed by atoms with Gasteiger partial charge in [-0.3, -0.25) is 0 Å². The summed E-state index contributed by atoms with van der Waals surface area (Å²) in [6, 6.07) is 180. The van der Waals surface area contributed by atoms with Crippen molar-refractivity contribution in [1.82, 2.24) is 27.4 Å². The quantitative estimate of drug-likeness (QED) is 0.107. The summed E-state index contributed by atoms with van der Waals surface area (Å²) >= 11 is 0. The molecule has 0 atom stereocenters. The molecular formula is C135H81N9. The van der Waals surface area contributed by atoms with Crippen molar-refractivity contribution >= 4 is 201 Å². The van der Waals surface area contributed by atoms with Crippen LogP contribution < -0.4 is 0 Å². The van der Waals surface area contributed by atoms with Crippen LogP contribution in [0.3, 0.4) is 0 Å². The Labute approximate surface area is 826 Å². The summed E-state index contributed by atoms with van der Waals surface area (Å²) < 4.78 is 14.4. The number of hydrogen-bond acceptors (Lipinski definition) is 2. The maximum atomic E-state index is 9.63. The third-order valence-electron chi connectivity index (χ3n) is 29.7. The fourth-order valence-electron chi connectivity index (χ4n) is 23.4. The van der Waals surface area contributed by atoms with E-state index >= 15 is 0 Å². The van der Waals surface area contributed by atoms with Crippen molar-refractivity contribution in [2.45, 2.75) is 0 Å². The lowest BCUT2D eigenvalue weighted by Crippen LogP contribution is -1.97. The van der Waals surface area contributed by atoms with Crippen LogP contribution >= 0.6 is 0 Å².